The molecule has 2 aromatic rings. The predicted molar refractivity (Wildman–Crippen MR) is 64.8 cm³/mol. The third-order valence-electron chi connectivity index (χ3n) is 2.36. The lowest BCUT2D eigenvalue weighted by molar-refractivity contribution is 0.110. The lowest BCUT2D eigenvalue weighted by atomic mass is 10.1. The number of fused-ring (bicyclic) bond motifs is 1. The monoisotopic (exact) mass is 215 g/mol. The van der Waals surface area contributed by atoms with E-state index in [-0.39, 0.29) is 0 Å². The summed E-state index contributed by atoms with van der Waals surface area (Å²) in [5, 5.41) is 2.35. The SMILES string of the molecule is CCOCCOc1ccc2cc[c]cc2c1. The van der Waals surface area contributed by atoms with E-state index < -0.39 is 0 Å². The van der Waals surface area contributed by atoms with Crippen LogP contribution in [0.2, 0.25) is 0 Å². The molecule has 0 aliphatic heterocycles. The Morgan fingerprint density at radius 1 is 1.12 bits per heavy atom. The second-order valence-corrected chi connectivity index (χ2v) is 3.48. The van der Waals surface area contributed by atoms with Crippen LogP contribution in [-0.4, -0.2) is 19.8 Å². The van der Waals surface area contributed by atoms with Gasteiger partial charge in [-0.3, -0.25) is 0 Å². The van der Waals surface area contributed by atoms with E-state index in [1.807, 2.05) is 37.3 Å². The zero-order valence-corrected chi connectivity index (χ0v) is 9.40. The summed E-state index contributed by atoms with van der Waals surface area (Å²) < 4.78 is 10.8. The van der Waals surface area contributed by atoms with Gasteiger partial charge in [-0.05, 0) is 42.0 Å². The molecule has 0 aliphatic rings. The van der Waals surface area contributed by atoms with Crippen molar-refractivity contribution in [3.8, 4) is 5.75 Å². The molecule has 16 heavy (non-hydrogen) atoms. The Bertz CT molecular complexity index is 451. The van der Waals surface area contributed by atoms with Crippen molar-refractivity contribution in [1.29, 1.82) is 0 Å². The van der Waals surface area contributed by atoms with Crippen LogP contribution in [0.25, 0.3) is 10.8 Å². The van der Waals surface area contributed by atoms with Crippen molar-refractivity contribution in [2.24, 2.45) is 0 Å². The third kappa shape index (κ3) is 2.74. The molecule has 2 heteroatoms. The van der Waals surface area contributed by atoms with Gasteiger partial charge >= 0.3 is 0 Å². The minimum absolute atomic E-state index is 0.593. The highest BCUT2D eigenvalue weighted by Crippen LogP contribution is 2.20. The molecule has 0 saturated carbocycles. The summed E-state index contributed by atoms with van der Waals surface area (Å²) >= 11 is 0. The molecule has 2 aromatic carbocycles. The largest absolute Gasteiger partial charge is 0.491 e. The van der Waals surface area contributed by atoms with Gasteiger partial charge in [-0.2, -0.15) is 0 Å². The predicted octanol–water partition coefficient (Wildman–Crippen LogP) is 3.06. The lowest BCUT2D eigenvalue weighted by Crippen LogP contribution is -2.06. The first-order valence-corrected chi connectivity index (χ1v) is 5.50. The second-order valence-electron chi connectivity index (χ2n) is 3.48. The summed E-state index contributed by atoms with van der Waals surface area (Å²) in [4.78, 5) is 0. The molecule has 0 spiro atoms. The average Bonchev–Trinajstić information content (AvgIpc) is 2.34. The summed E-state index contributed by atoms with van der Waals surface area (Å²) in [5.41, 5.74) is 0. The zero-order valence-electron chi connectivity index (χ0n) is 9.40. The van der Waals surface area contributed by atoms with Crippen LogP contribution in [0.5, 0.6) is 5.75 Å². The van der Waals surface area contributed by atoms with Crippen LogP contribution >= 0.6 is 0 Å². The fraction of sp³-hybridized carbons (Fsp3) is 0.286. The van der Waals surface area contributed by atoms with Gasteiger partial charge in [-0.1, -0.05) is 18.2 Å². The first kappa shape index (κ1) is 11.0. The summed E-state index contributed by atoms with van der Waals surface area (Å²) in [6.45, 7) is 3.94. The van der Waals surface area contributed by atoms with E-state index in [2.05, 4.69) is 12.1 Å². The molecule has 2 rings (SSSR count). The summed E-state index contributed by atoms with van der Waals surface area (Å²) in [6, 6.07) is 15.0. The van der Waals surface area contributed by atoms with Crippen LogP contribution < -0.4 is 4.74 Å². The highest BCUT2D eigenvalue weighted by atomic mass is 16.5. The number of hydrogen-bond acceptors (Lipinski definition) is 2. The maximum Gasteiger partial charge on any atom is 0.120 e. The molecule has 0 saturated heterocycles. The summed E-state index contributed by atoms with van der Waals surface area (Å²) in [7, 11) is 0. The Hall–Kier alpha value is -1.54. The molecule has 1 radical (unpaired) electrons. The van der Waals surface area contributed by atoms with Crippen LogP contribution in [0.3, 0.4) is 0 Å². The number of rotatable bonds is 5. The maximum atomic E-state index is 5.58. The fourth-order valence-electron chi connectivity index (χ4n) is 1.56. The van der Waals surface area contributed by atoms with Gasteiger partial charge in [0.2, 0.25) is 0 Å². The standard InChI is InChI=1S/C14H15O2/c1-2-15-9-10-16-14-8-7-12-5-3-4-6-13(12)11-14/h3,5-8,11H,2,9-10H2,1H3. The fourth-order valence-corrected chi connectivity index (χ4v) is 1.56. The van der Waals surface area contributed by atoms with Gasteiger partial charge in [0.15, 0.2) is 0 Å². The minimum Gasteiger partial charge on any atom is -0.491 e. The van der Waals surface area contributed by atoms with Crippen molar-refractivity contribution < 1.29 is 9.47 Å². The van der Waals surface area contributed by atoms with Crippen LogP contribution in [0, 0.1) is 6.07 Å². The van der Waals surface area contributed by atoms with Crippen molar-refractivity contribution in [3.63, 3.8) is 0 Å². The van der Waals surface area contributed by atoms with Gasteiger partial charge in [-0.15, -0.1) is 0 Å². The molecular formula is C14H15O2. The Morgan fingerprint density at radius 3 is 2.94 bits per heavy atom. The van der Waals surface area contributed by atoms with E-state index in [1.165, 1.54) is 5.39 Å². The molecule has 83 valence electrons. The molecule has 0 fully saturated rings. The van der Waals surface area contributed by atoms with E-state index in [9.17, 15) is 0 Å². The first-order valence-electron chi connectivity index (χ1n) is 5.50. The van der Waals surface area contributed by atoms with Crippen molar-refractivity contribution in [3.05, 3.63) is 42.5 Å². The number of ether oxygens (including phenoxy) is 2. The quantitative estimate of drug-likeness (QED) is 0.714. The maximum absolute atomic E-state index is 5.58. The molecule has 0 amide bonds. The number of benzene rings is 2. The van der Waals surface area contributed by atoms with Crippen LogP contribution in [0.4, 0.5) is 0 Å². The van der Waals surface area contributed by atoms with Gasteiger partial charge in [-0.25, -0.2) is 0 Å². The Morgan fingerprint density at radius 2 is 2.06 bits per heavy atom. The van der Waals surface area contributed by atoms with E-state index in [0.717, 1.165) is 17.7 Å². The van der Waals surface area contributed by atoms with Gasteiger partial charge in [0.1, 0.15) is 12.4 Å². The molecule has 0 aliphatic carbocycles. The number of hydrogen-bond donors (Lipinski definition) is 0. The first-order chi connectivity index (χ1) is 7.90. The third-order valence-corrected chi connectivity index (χ3v) is 2.36. The van der Waals surface area contributed by atoms with Gasteiger partial charge in [0, 0.05) is 6.61 Å². The molecular weight excluding hydrogens is 200 g/mol. The Balaban J connectivity index is 2.02. The summed E-state index contributed by atoms with van der Waals surface area (Å²) in [5.74, 6) is 0.881. The van der Waals surface area contributed by atoms with Crippen LogP contribution in [-0.2, 0) is 4.74 Å². The van der Waals surface area contributed by atoms with Gasteiger partial charge < -0.3 is 9.47 Å². The van der Waals surface area contributed by atoms with E-state index in [1.54, 1.807) is 0 Å². The normalized spacial score (nSPS) is 10.6. The second kappa shape index (κ2) is 5.52. The van der Waals surface area contributed by atoms with E-state index in [0.29, 0.717) is 13.2 Å². The molecule has 0 atom stereocenters. The Kier molecular flexibility index (Phi) is 3.78. The smallest absolute Gasteiger partial charge is 0.120 e. The van der Waals surface area contributed by atoms with Gasteiger partial charge in [0.05, 0.1) is 6.61 Å². The lowest BCUT2D eigenvalue weighted by Gasteiger charge is -2.07. The van der Waals surface area contributed by atoms with Crippen molar-refractivity contribution >= 4 is 10.8 Å². The van der Waals surface area contributed by atoms with Crippen molar-refractivity contribution in [1.82, 2.24) is 0 Å². The minimum atomic E-state index is 0.593. The van der Waals surface area contributed by atoms with Crippen LogP contribution in [0.15, 0.2) is 36.4 Å². The molecule has 0 aromatic heterocycles. The molecule has 0 N–H and O–H groups in total. The summed E-state index contributed by atoms with van der Waals surface area (Å²) in [6.07, 6.45) is 0. The molecule has 2 nitrogen and oxygen atoms in total. The molecule has 0 heterocycles. The van der Waals surface area contributed by atoms with E-state index in [4.69, 9.17) is 9.47 Å². The average molecular weight is 215 g/mol. The topological polar surface area (TPSA) is 18.5 Å². The van der Waals surface area contributed by atoms with Crippen molar-refractivity contribution in [2.45, 2.75) is 6.92 Å². The highest BCUT2D eigenvalue weighted by molar-refractivity contribution is 5.83. The van der Waals surface area contributed by atoms with Crippen molar-refractivity contribution in [2.75, 3.05) is 19.8 Å². The Labute approximate surface area is 95.8 Å². The highest BCUT2D eigenvalue weighted by Gasteiger charge is 1.96. The van der Waals surface area contributed by atoms with Gasteiger partial charge in [0.25, 0.3) is 0 Å². The molecule has 0 bridgehead atoms. The molecule has 0 unspecified atom stereocenters. The zero-order chi connectivity index (χ0) is 11.2. The van der Waals surface area contributed by atoms with Crippen LogP contribution in [0.1, 0.15) is 6.92 Å². The van der Waals surface area contributed by atoms with E-state index >= 15 is 0 Å².